The lowest BCUT2D eigenvalue weighted by Gasteiger charge is -2.32. The van der Waals surface area contributed by atoms with E-state index in [-0.39, 0.29) is 5.91 Å². The van der Waals surface area contributed by atoms with Crippen LogP contribution in [0, 0.1) is 0 Å². The molecule has 2 atom stereocenters. The number of nitrogens with one attached hydrogen (secondary N) is 1. The van der Waals surface area contributed by atoms with Crippen LogP contribution in [0.25, 0.3) is 0 Å². The molecule has 1 amide bonds. The summed E-state index contributed by atoms with van der Waals surface area (Å²) in [6, 6.07) is 8.96. The topological polar surface area (TPSA) is 35.6 Å². The summed E-state index contributed by atoms with van der Waals surface area (Å²) in [5.41, 5.74) is 1.36. The summed E-state index contributed by atoms with van der Waals surface area (Å²) in [6.45, 7) is 4.16. The second kappa shape index (κ2) is 6.46. The minimum Gasteiger partial charge on any atom is -0.339 e. The molecule has 1 aromatic rings. The summed E-state index contributed by atoms with van der Waals surface area (Å²) >= 11 is 3.46. The summed E-state index contributed by atoms with van der Waals surface area (Å²) < 4.78 is 1.11. The van der Waals surface area contributed by atoms with Crippen LogP contribution in [-0.4, -0.2) is 61.5 Å². The molecule has 1 aliphatic heterocycles. The zero-order chi connectivity index (χ0) is 14.8. The second-order valence-corrected chi connectivity index (χ2v) is 6.98. The Hall–Kier alpha value is -0.910. The lowest BCUT2D eigenvalue weighted by atomic mass is 10.1. The fraction of sp³-hybridized carbons (Fsp3) is 0.562. The van der Waals surface area contributed by atoms with Crippen molar-refractivity contribution in [3.8, 4) is 0 Å². The van der Waals surface area contributed by atoms with E-state index >= 15 is 0 Å². The van der Waals surface area contributed by atoms with Crippen molar-refractivity contribution in [2.45, 2.75) is 18.4 Å². The Morgan fingerprint density at radius 2 is 1.90 bits per heavy atom. The van der Waals surface area contributed by atoms with Crippen molar-refractivity contribution in [1.29, 1.82) is 0 Å². The molecule has 1 saturated carbocycles. The molecule has 4 nitrogen and oxygen atoms in total. The van der Waals surface area contributed by atoms with Crippen LogP contribution < -0.4 is 5.32 Å². The Labute approximate surface area is 134 Å². The van der Waals surface area contributed by atoms with E-state index in [1.165, 1.54) is 5.56 Å². The number of hydrogen-bond acceptors (Lipinski definition) is 3. The van der Waals surface area contributed by atoms with Crippen LogP contribution >= 0.6 is 15.9 Å². The smallest absolute Gasteiger partial charge is 0.236 e. The van der Waals surface area contributed by atoms with Gasteiger partial charge in [-0.3, -0.25) is 4.79 Å². The monoisotopic (exact) mass is 351 g/mol. The van der Waals surface area contributed by atoms with Crippen LogP contribution in [0.15, 0.2) is 28.7 Å². The maximum Gasteiger partial charge on any atom is 0.236 e. The zero-order valence-corrected chi connectivity index (χ0v) is 14.0. The van der Waals surface area contributed by atoms with Crippen LogP contribution in [0.4, 0.5) is 0 Å². The first-order chi connectivity index (χ1) is 10.1. The first kappa shape index (κ1) is 15.0. The van der Waals surface area contributed by atoms with E-state index in [0.717, 1.165) is 37.1 Å². The minimum atomic E-state index is 0.240. The Morgan fingerprint density at radius 3 is 2.57 bits per heavy atom. The number of amides is 1. The summed E-state index contributed by atoms with van der Waals surface area (Å²) in [4.78, 5) is 16.4. The van der Waals surface area contributed by atoms with Gasteiger partial charge in [-0.25, -0.2) is 0 Å². The van der Waals surface area contributed by atoms with Gasteiger partial charge < -0.3 is 15.1 Å². The molecule has 21 heavy (non-hydrogen) atoms. The average Bonchev–Trinajstić information content (AvgIpc) is 3.26. The van der Waals surface area contributed by atoms with Gasteiger partial charge in [-0.2, -0.15) is 0 Å². The molecule has 114 valence electrons. The molecule has 0 spiro atoms. The average molecular weight is 352 g/mol. The van der Waals surface area contributed by atoms with Gasteiger partial charge in [0.05, 0.1) is 6.54 Å². The van der Waals surface area contributed by atoms with Crippen molar-refractivity contribution >= 4 is 21.8 Å². The summed E-state index contributed by atoms with van der Waals surface area (Å²) in [5.74, 6) is 0.808. The van der Waals surface area contributed by atoms with Gasteiger partial charge in [-0.15, -0.1) is 0 Å². The van der Waals surface area contributed by atoms with E-state index in [2.05, 4.69) is 57.5 Å². The number of likely N-dealkylation sites (N-methyl/N-ethyl adjacent to an activating group) is 1. The largest absolute Gasteiger partial charge is 0.339 e. The lowest BCUT2D eigenvalue weighted by molar-refractivity contribution is -0.131. The van der Waals surface area contributed by atoms with Gasteiger partial charge in [-0.1, -0.05) is 28.1 Å². The maximum atomic E-state index is 12.2. The van der Waals surface area contributed by atoms with E-state index in [4.69, 9.17) is 0 Å². The molecule has 1 saturated heterocycles. The van der Waals surface area contributed by atoms with E-state index < -0.39 is 0 Å². The van der Waals surface area contributed by atoms with Gasteiger partial charge in [0, 0.05) is 42.6 Å². The molecular formula is C16H22BrN3O. The Kier molecular flexibility index (Phi) is 4.62. The number of nitrogens with zero attached hydrogens (tertiary/aromatic N) is 2. The molecule has 0 aromatic heterocycles. The third kappa shape index (κ3) is 3.84. The minimum absolute atomic E-state index is 0.240. The molecule has 2 fully saturated rings. The van der Waals surface area contributed by atoms with Crippen molar-refractivity contribution in [2.24, 2.45) is 0 Å². The van der Waals surface area contributed by atoms with Crippen LogP contribution in [0.2, 0.25) is 0 Å². The number of benzene rings is 1. The van der Waals surface area contributed by atoms with Crippen molar-refractivity contribution in [2.75, 3.05) is 39.8 Å². The lowest BCUT2D eigenvalue weighted by Crippen LogP contribution is -2.49. The number of rotatable bonds is 4. The zero-order valence-electron chi connectivity index (χ0n) is 12.4. The molecule has 0 bridgehead atoms. The van der Waals surface area contributed by atoms with E-state index in [1.54, 1.807) is 0 Å². The van der Waals surface area contributed by atoms with Crippen LogP contribution in [-0.2, 0) is 4.79 Å². The van der Waals surface area contributed by atoms with Gasteiger partial charge in [0.25, 0.3) is 0 Å². The summed E-state index contributed by atoms with van der Waals surface area (Å²) in [5, 5.41) is 3.41. The van der Waals surface area contributed by atoms with Crippen LogP contribution in [0.3, 0.4) is 0 Å². The highest BCUT2D eigenvalue weighted by Crippen LogP contribution is 2.40. The van der Waals surface area contributed by atoms with Crippen LogP contribution in [0.5, 0.6) is 0 Å². The molecule has 1 aliphatic carbocycles. The predicted octanol–water partition coefficient (Wildman–Crippen LogP) is 1.67. The highest BCUT2D eigenvalue weighted by molar-refractivity contribution is 9.10. The van der Waals surface area contributed by atoms with Gasteiger partial charge in [-0.05, 0) is 31.2 Å². The summed E-state index contributed by atoms with van der Waals surface area (Å²) in [7, 11) is 2.10. The molecule has 3 rings (SSSR count). The fourth-order valence-corrected chi connectivity index (χ4v) is 3.15. The van der Waals surface area contributed by atoms with Crippen LogP contribution in [0.1, 0.15) is 17.9 Å². The number of halogens is 1. The molecular weight excluding hydrogens is 330 g/mol. The van der Waals surface area contributed by atoms with Gasteiger partial charge in [0.1, 0.15) is 0 Å². The summed E-state index contributed by atoms with van der Waals surface area (Å²) in [6.07, 6.45) is 1.14. The Balaban J connectivity index is 1.42. The Bertz CT molecular complexity index is 497. The Morgan fingerprint density at radius 1 is 1.24 bits per heavy atom. The van der Waals surface area contributed by atoms with Gasteiger partial charge >= 0.3 is 0 Å². The van der Waals surface area contributed by atoms with E-state index in [0.29, 0.717) is 18.5 Å². The van der Waals surface area contributed by atoms with Gasteiger partial charge in [0.2, 0.25) is 5.91 Å². The van der Waals surface area contributed by atoms with Crippen molar-refractivity contribution in [3.05, 3.63) is 34.3 Å². The molecule has 0 radical (unpaired) electrons. The molecule has 2 unspecified atom stereocenters. The number of hydrogen-bond donors (Lipinski definition) is 1. The molecule has 1 heterocycles. The van der Waals surface area contributed by atoms with Crippen molar-refractivity contribution in [3.63, 3.8) is 0 Å². The van der Waals surface area contributed by atoms with Gasteiger partial charge in [0.15, 0.2) is 0 Å². The normalized spacial score (nSPS) is 25.9. The quantitative estimate of drug-likeness (QED) is 0.896. The highest BCUT2D eigenvalue weighted by Gasteiger charge is 2.38. The molecule has 1 aromatic carbocycles. The number of carbonyl (C=O) groups excluding carboxylic acids is 1. The standard InChI is InChI=1S/C16H22BrN3O/c1-19-6-8-20(9-7-19)16(21)11-18-15-10-14(15)12-2-4-13(17)5-3-12/h2-5,14-15,18H,6-11H2,1H3. The SMILES string of the molecule is CN1CCN(C(=O)CNC2CC2c2ccc(Br)cc2)CC1. The predicted molar refractivity (Wildman–Crippen MR) is 87.4 cm³/mol. The van der Waals surface area contributed by atoms with E-state index in [1.807, 2.05) is 4.90 Å². The third-order valence-corrected chi connectivity index (χ3v) is 4.99. The fourth-order valence-electron chi connectivity index (χ4n) is 2.89. The van der Waals surface area contributed by atoms with E-state index in [9.17, 15) is 4.79 Å². The second-order valence-electron chi connectivity index (χ2n) is 6.07. The first-order valence-electron chi connectivity index (χ1n) is 7.58. The first-order valence-corrected chi connectivity index (χ1v) is 8.38. The number of piperazine rings is 1. The van der Waals surface area contributed by atoms with Crippen molar-refractivity contribution < 1.29 is 4.79 Å². The molecule has 5 heteroatoms. The van der Waals surface area contributed by atoms with Crippen molar-refractivity contribution in [1.82, 2.24) is 15.1 Å². The third-order valence-electron chi connectivity index (χ3n) is 4.46. The number of carbonyl (C=O) groups is 1. The molecule has 1 N–H and O–H groups in total. The highest BCUT2D eigenvalue weighted by atomic mass is 79.9. The molecule has 2 aliphatic rings. The maximum absolute atomic E-state index is 12.2.